The maximum atomic E-state index is 12.8. The number of likely N-dealkylation sites (tertiary alicyclic amines) is 1. The number of rotatable bonds is 5. The Morgan fingerprint density at radius 2 is 1.59 bits per heavy atom. The van der Waals surface area contributed by atoms with Gasteiger partial charge in [-0.25, -0.2) is 9.59 Å². The van der Waals surface area contributed by atoms with E-state index >= 15 is 0 Å². The summed E-state index contributed by atoms with van der Waals surface area (Å²) in [7, 11) is 0. The summed E-state index contributed by atoms with van der Waals surface area (Å²) in [5.41, 5.74) is -1.26. The molecule has 0 aliphatic carbocycles. The SMILES string of the molecule is CC(C)CC(NC(=O)[C@@H]1CCCN1C(=O)OC(C)(C)C)C(=O)OC(C)(C)C. The molecule has 0 radical (unpaired) electrons. The van der Waals surface area contributed by atoms with Crippen LogP contribution in [0.15, 0.2) is 0 Å². The molecule has 27 heavy (non-hydrogen) atoms. The van der Waals surface area contributed by atoms with Crippen molar-refractivity contribution in [2.45, 2.75) is 97.9 Å². The lowest BCUT2D eigenvalue weighted by molar-refractivity contribution is -0.159. The number of carbonyl (C=O) groups is 3. The number of esters is 1. The van der Waals surface area contributed by atoms with Crippen LogP contribution in [0, 0.1) is 5.92 Å². The average molecular weight is 385 g/mol. The van der Waals surface area contributed by atoms with Crippen molar-refractivity contribution in [2.24, 2.45) is 5.92 Å². The van der Waals surface area contributed by atoms with Crippen LogP contribution in [0.1, 0.15) is 74.7 Å². The zero-order valence-electron chi connectivity index (χ0n) is 18.0. The van der Waals surface area contributed by atoms with E-state index in [-0.39, 0.29) is 11.8 Å². The second kappa shape index (κ2) is 8.93. The summed E-state index contributed by atoms with van der Waals surface area (Å²) in [4.78, 5) is 39.2. The lowest BCUT2D eigenvalue weighted by Gasteiger charge is -2.30. The zero-order chi connectivity index (χ0) is 21.0. The lowest BCUT2D eigenvalue weighted by Crippen LogP contribution is -2.52. The first-order valence-electron chi connectivity index (χ1n) is 9.72. The third kappa shape index (κ3) is 8.18. The predicted octanol–water partition coefficient (Wildman–Crippen LogP) is 3.26. The van der Waals surface area contributed by atoms with E-state index in [0.29, 0.717) is 19.4 Å². The minimum Gasteiger partial charge on any atom is -0.458 e. The van der Waals surface area contributed by atoms with Gasteiger partial charge in [0, 0.05) is 6.54 Å². The highest BCUT2D eigenvalue weighted by atomic mass is 16.6. The van der Waals surface area contributed by atoms with Gasteiger partial charge >= 0.3 is 12.1 Å². The van der Waals surface area contributed by atoms with Crippen LogP contribution in [-0.2, 0) is 19.1 Å². The molecule has 1 fully saturated rings. The normalized spacial score (nSPS) is 19.0. The Morgan fingerprint density at radius 3 is 2.07 bits per heavy atom. The molecule has 0 aromatic rings. The maximum Gasteiger partial charge on any atom is 0.410 e. The Bertz CT molecular complexity index is 546. The number of ether oxygens (including phenoxy) is 2. The van der Waals surface area contributed by atoms with Crippen LogP contribution in [0.25, 0.3) is 0 Å². The van der Waals surface area contributed by atoms with E-state index in [0.717, 1.165) is 6.42 Å². The molecule has 1 rings (SSSR count). The van der Waals surface area contributed by atoms with Crippen molar-refractivity contribution in [2.75, 3.05) is 6.54 Å². The molecule has 0 spiro atoms. The van der Waals surface area contributed by atoms with Gasteiger partial charge in [0.05, 0.1) is 0 Å². The third-order valence-corrected chi connectivity index (χ3v) is 3.90. The molecule has 0 saturated carbocycles. The average Bonchev–Trinajstić information content (AvgIpc) is 2.91. The molecular formula is C20H36N2O5. The van der Waals surface area contributed by atoms with E-state index in [2.05, 4.69) is 5.32 Å². The predicted molar refractivity (Wildman–Crippen MR) is 103 cm³/mol. The van der Waals surface area contributed by atoms with Gasteiger partial charge in [-0.1, -0.05) is 13.8 Å². The topological polar surface area (TPSA) is 84.9 Å². The number of hydrogen-bond acceptors (Lipinski definition) is 5. The molecule has 1 unspecified atom stereocenters. The van der Waals surface area contributed by atoms with Gasteiger partial charge in [-0.05, 0) is 66.7 Å². The maximum absolute atomic E-state index is 12.8. The first-order valence-corrected chi connectivity index (χ1v) is 9.72. The molecule has 2 atom stereocenters. The fraction of sp³-hybridized carbons (Fsp3) is 0.850. The summed E-state index contributed by atoms with van der Waals surface area (Å²) >= 11 is 0. The van der Waals surface area contributed by atoms with Gasteiger partial charge in [-0.2, -0.15) is 0 Å². The number of nitrogens with one attached hydrogen (secondary N) is 1. The first kappa shape index (κ1) is 23.2. The highest BCUT2D eigenvalue weighted by Gasteiger charge is 2.38. The smallest absolute Gasteiger partial charge is 0.410 e. The molecule has 156 valence electrons. The van der Waals surface area contributed by atoms with Crippen molar-refractivity contribution in [3.8, 4) is 0 Å². The highest BCUT2D eigenvalue weighted by Crippen LogP contribution is 2.22. The summed E-state index contributed by atoms with van der Waals surface area (Å²) in [5, 5.41) is 2.80. The number of hydrogen-bond donors (Lipinski definition) is 1. The largest absolute Gasteiger partial charge is 0.458 e. The molecule has 1 aliphatic heterocycles. The van der Waals surface area contributed by atoms with Gasteiger partial charge < -0.3 is 14.8 Å². The van der Waals surface area contributed by atoms with Crippen molar-refractivity contribution in [1.29, 1.82) is 0 Å². The van der Waals surface area contributed by atoms with E-state index < -0.39 is 35.3 Å². The van der Waals surface area contributed by atoms with E-state index in [4.69, 9.17) is 9.47 Å². The van der Waals surface area contributed by atoms with E-state index in [1.807, 2.05) is 13.8 Å². The van der Waals surface area contributed by atoms with Crippen LogP contribution < -0.4 is 5.32 Å². The fourth-order valence-corrected chi connectivity index (χ4v) is 2.90. The summed E-state index contributed by atoms with van der Waals surface area (Å²) < 4.78 is 10.8. The van der Waals surface area contributed by atoms with Gasteiger partial charge in [-0.15, -0.1) is 0 Å². The molecule has 7 heteroatoms. The number of nitrogens with zero attached hydrogens (tertiary/aromatic N) is 1. The Balaban J connectivity index is 2.84. The third-order valence-electron chi connectivity index (χ3n) is 3.90. The van der Waals surface area contributed by atoms with Crippen molar-refractivity contribution < 1.29 is 23.9 Å². The van der Waals surface area contributed by atoms with E-state index in [1.54, 1.807) is 41.5 Å². The van der Waals surface area contributed by atoms with Crippen molar-refractivity contribution in [3.05, 3.63) is 0 Å². The van der Waals surface area contributed by atoms with Crippen molar-refractivity contribution in [3.63, 3.8) is 0 Å². The molecule has 1 aliphatic rings. The molecule has 1 saturated heterocycles. The Hall–Kier alpha value is -1.79. The van der Waals surface area contributed by atoms with Crippen LogP contribution in [0.3, 0.4) is 0 Å². The van der Waals surface area contributed by atoms with E-state index in [1.165, 1.54) is 4.90 Å². The minimum atomic E-state index is -0.738. The molecule has 0 aromatic carbocycles. The monoisotopic (exact) mass is 384 g/mol. The fourth-order valence-electron chi connectivity index (χ4n) is 2.90. The summed E-state index contributed by atoms with van der Waals surface area (Å²) in [5.74, 6) is -0.588. The Kier molecular flexibility index (Phi) is 7.69. The minimum absolute atomic E-state index is 0.202. The van der Waals surface area contributed by atoms with Crippen LogP contribution in [0.4, 0.5) is 4.79 Å². The molecule has 1 heterocycles. The first-order chi connectivity index (χ1) is 12.2. The second-order valence-electron chi connectivity index (χ2n) is 9.56. The van der Waals surface area contributed by atoms with Crippen LogP contribution >= 0.6 is 0 Å². The highest BCUT2D eigenvalue weighted by molar-refractivity contribution is 5.90. The van der Waals surface area contributed by atoms with Gasteiger partial charge in [0.2, 0.25) is 5.91 Å². The van der Waals surface area contributed by atoms with Crippen LogP contribution in [-0.4, -0.2) is 52.7 Å². The molecular weight excluding hydrogens is 348 g/mol. The molecule has 0 bridgehead atoms. The quantitative estimate of drug-likeness (QED) is 0.736. The molecule has 2 amide bonds. The summed E-state index contributed by atoms with van der Waals surface area (Å²) in [6.07, 6.45) is 1.24. The van der Waals surface area contributed by atoms with Gasteiger partial charge in [0.25, 0.3) is 0 Å². The Morgan fingerprint density at radius 1 is 1.04 bits per heavy atom. The van der Waals surface area contributed by atoms with Crippen molar-refractivity contribution in [1.82, 2.24) is 10.2 Å². The number of amides is 2. The van der Waals surface area contributed by atoms with Crippen LogP contribution in [0.5, 0.6) is 0 Å². The van der Waals surface area contributed by atoms with Gasteiger partial charge in [0.15, 0.2) is 0 Å². The van der Waals surface area contributed by atoms with Gasteiger partial charge in [-0.3, -0.25) is 9.69 Å². The standard InChI is InChI=1S/C20H36N2O5/c1-13(2)12-14(17(24)26-19(3,4)5)21-16(23)15-10-9-11-22(15)18(25)27-20(6,7)8/h13-15H,9-12H2,1-8H3,(H,21,23)/t14?,15-/m0/s1. The number of carbonyl (C=O) groups excluding carboxylic acids is 3. The summed E-state index contributed by atoms with van der Waals surface area (Å²) in [6.45, 7) is 15.2. The summed E-state index contributed by atoms with van der Waals surface area (Å²) in [6, 6.07) is -1.37. The van der Waals surface area contributed by atoms with Crippen molar-refractivity contribution >= 4 is 18.0 Å². The van der Waals surface area contributed by atoms with Crippen LogP contribution in [0.2, 0.25) is 0 Å². The van der Waals surface area contributed by atoms with Gasteiger partial charge in [0.1, 0.15) is 23.3 Å². The molecule has 1 N–H and O–H groups in total. The second-order valence-corrected chi connectivity index (χ2v) is 9.56. The van der Waals surface area contributed by atoms with E-state index in [9.17, 15) is 14.4 Å². The zero-order valence-corrected chi connectivity index (χ0v) is 18.0. The Labute approximate surface area is 163 Å². The molecule has 0 aromatic heterocycles. The molecule has 7 nitrogen and oxygen atoms in total. The lowest BCUT2D eigenvalue weighted by atomic mass is 10.0.